The van der Waals surface area contributed by atoms with E-state index in [1.807, 2.05) is 28.8 Å². The van der Waals surface area contributed by atoms with Crippen LogP contribution < -0.4 is 10.9 Å². The van der Waals surface area contributed by atoms with Gasteiger partial charge in [0.15, 0.2) is 0 Å². The molecule has 0 aliphatic carbocycles. The van der Waals surface area contributed by atoms with Crippen LogP contribution in [0.15, 0.2) is 30.6 Å². The molecule has 0 radical (unpaired) electrons. The van der Waals surface area contributed by atoms with Gasteiger partial charge in [0.2, 0.25) is 0 Å². The Bertz CT molecular complexity index is 570. The van der Waals surface area contributed by atoms with Crippen LogP contribution in [0.25, 0.3) is 5.69 Å². The number of aromatic nitrogens is 3. The highest BCUT2D eigenvalue weighted by Crippen LogP contribution is 2.21. The summed E-state index contributed by atoms with van der Waals surface area (Å²) in [6.07, 6.45) is 2.63. The SMILES string of the molecule is CC1NNC(C)C1Cc1nncn1-c1ccc(Cl)cc1. The minimum atomic E-state index is 0.417. The lowest BCUT2D eigenvalue weighted by Gasteiger charge is -2.17. The maximum Gasteiger partial charge on any atom is 0.137 e. The van der Waals surface area contributed by atoms with E-state index in [0.717, 1.165) is 23.0 Å². The molecule has 5 nitrogen and oxygen atoms in total. The van der Waals surface area contributed by atoms with Crippen molar-refractivity contribution in [1.29, 1.82) is 0 Å². The van der Waals surface area contributed by atoms with E-state index >= 15 is 0 Å². The molecule has 0 amide bonds. The first-order valence-electron chi connectivity index (χ1n) is 6.81. The molecule has 3 rings (SSSR count). The molecule has 1 aromatic carbocycles. The van der Waals surface area contributed by atoms with Gasteiger partial charge in [-0.1, -0.05) is 11.6 Å². The number of halogens is 1. The van der Waals surface area contributed by atoms with Crippen molar-refractivity contribution in [2.45, 2.75) is 32.4 Å². The molecule has 2 heterocycles. The summed E-state index contributed by atoms with van der Waals surface area (Å²) in [6, 6.07) is 8.55. The summed E-state index contributed by atoms with van der Waals surface area (Å²) in [4.78, 5) is 0. The molecule has 2 atom stereocenters. The monoisotopic (exact) mass is 291 g/mol. The van der Waals surface area contributed by atoms with Crippen molar-refractivity contribution in [2.24, 2.45) is 5.92 Å². The van der Waals surface area contributed by atoms with Crippen molar-refractivity contribution in [1.82, 2.24) is 25.6 Å². The fourth-order valence-electron chi connectivity index (χ4n) is 2.69. The minimum absolute atomic E-state index is 0.417. The number of rotatable bonds is 3. The van der Waals surface area contributed by atoms with Crippen LogP contribution >= 0.6 is 11.6 Å². The van der Waals surface area contributed by atoms with Crippen LogP contribution in [0.4, 0.5) is 0 Å². The topological polar surface area (TPSA) is 54.8 Å². The Hall–Kier alpha value is -1.43. The Morgan fingerprint density at radius 2 is 1.80 bits per heavy atom. The van der Waals surface area contributed by atoms with Crippen molar-refractivity contribution in [2.75, 3.05) is 0 Å². The van der Waals surface area contributed by atoms with E-state index in [2.05, 4.69) is 34.9 Å². The molecule has 106 valence electrons. The fourth-order valence-corrected chi connectivity index (χ4v) is 2.82. The third-order valence-electron chi connectivity index (χ3n) is 3.96. The molecular formula is C14H18ClN5. The normalized spacial score (nSPS) is 26.1. The molecule has 6 heteroatoms. The van der Waals surface area contributed by atoms with Crippen LogP contribution in [0.1, 0.15) is 19.7 Å². The molecule has 1 saturated heterocycles. The number of nitrogens with zero attached hydrogens (tertiary/aromatic N) is 3. The highest BCUT2D eigenvalue weighted by Gasteiger charge is 2.31. The minimum Gasteiger partial charge on any atom is -0.286 e. The highest BCUT2D eigenvalue weighted by molar-refractivity contribution is 6.30. The molecule has 2 aromatic rings. The molecule has 2 N–H and O–H groups in total. The van der Waals surface area contributed by atoms with Crippen molar-refractivity contribution < 1.29 is 0 Å². The zero-order chi connectivity index (χ0) is 14.1. The summed E-state index contributed by atoms with van der Waals surface area (Å²) >= 11 is 5.93. The predicted molar refractivity (Wildman–Crippen MR) is 78.8 cm³/mol. The first kappa shape index (κ1) is 13.5. The lowest BCUT2D eigenvalue weighted by Crippen LogP contribution is -2.30. The average Bonchev–Trinajstić information content (AvgIpc) is 3.02. The Morgan fingerprint density at radius 3 is 2.45 bits per heavy atom. The van der Waals surface area contributed by atoms with Crippen LogP contribution in [0.5, 0.6) is 0 Å². The van der Waals surface area contributed by atoms with Gasteiger partial charge < -0.3 is 0 Å². The van der Waals surface area contributed by atoms with Crippen molar-refractivity contribution in [3.8, 4) is 5.69 Å². The zero-order valence-corrected chi connectivity index (χ0v) is 12.3. The molecule has 0 saturated carbocycles. The van der Waals surface area contributed by atoms with Gasteiger partial charge in [-0.2, -0.15) is 0 Å². The lowest BCUT2D eigenvalue weighted by atomic mass is 9.93. The van der Waals surface area contributed by atoms with Crippen LogP contribution in [0, 0.1) is 5.92 Å². The number of nitrogens with one attached hydrogen (secondary N) is 2. The summed E-state index contributed by atoms with van der Waals surface area (Å²) in [5.41, 5.74) is 7.58. The smallest absolute Gasteiger partial charge is 0.137 e. The maximum atomic E-state index is 5.93. The van der Waals surface area contributed by atoms with Crippen LogP contribution in [0.3, 0.4) is 0 Å². The second-order valence-electron chi connectivity index (χ2n) is 5.33. The highest BCUT2D eigenvalue weighted by atomic mass is 35.5. The number of hydrazine groups is 1. The number of hydrogen-bond donors (Lipinski definition) is 2. The zero-order valence-electron chi connectivity index (χ0n) is 11.5. The van der Waals surface area contributed by atoms with Crippen molar-refractivity contribution in [3.05, 3.63) is 41.4 Å². The summed E-state index contributed by atoms with van der Waals surface area (Å²) in [6.45, 7) is 4.37. The van der Waals surface area contributed by atoms with Gasteiger partial charge in [0.1, 0.15) is 12.2 Å². The van der Waals surface area contributed by atoms with Gasteiger partial charge >= 0.3 is 0 Å². The van der Waals surface area contributed by atoms with Gasteiger partial charge in [-0.15, -0.1) is 10.2 Å². The van der Waals surface area contributed by atoms with E-state index in [-0.39, 0.29) is 0 Å². The molecule has 1 aromatic heterocycles. The first-order valence-corrected chi connectivity index (χ1v) is 7.19. The Labute approximate surface area is 123 Å². The van der Waals surface area contributed by atoms with Crippen LogP contribution in [-0.4, -0.2) is 26.8 Å². The quantitative estimate of drug-likeness (QED) is 0.908. The third-order valence-corrected chi connectivity index (χ3v) is 4.22. The summed E-state index contributed by atoms with van der Waals surface area (Å²) < 4.78 is 2.02. The number of hydrogen-bond acceptors (Lipinski definition) is 4. The first-order chi connectivity index (χ1) is 9.65. The Balaban J connectivity index is 1.85. The Kier molecular flexibility index (Phi) is 3.74. The molecule has 2 unspecified atom stereocenters. The number of benzene rings is 1. The maximum absolute atomic E-state index is 5.93. The largest absolute Gasteiger partial charge is 0.286 e. The van der Waals surface area contributed by atoms with Crippen molar-refractivity contribution >= 4 is 11.6 Å². The standard InChI is InChI=1S/C14H18ClN5/c1-9-13(10(2)18-17-9)7-14-19-16-8-20(14)12-5-3-11(15)4-6-12/h3-6,8-10,13,17-18H,7H2,1-2H3. The molecule has 1 aliphatic rings. The summed E-state index contributed by atoms with van der Waals surface area (Å²) in [5, 5.41) is 9.06. The van der Waals surface area contributed by atoms with Crippen molar-refractivity contribution in [3.63, 3.8) is 0 Å². The van der Waals surface area contributed by atoms with E-state index in [1.165, 1.54) is 0 Å². The van der Waals surface area contributed by atoms with E-state index in [9.17, 15) is 0 Å². The molecule has 0 bridgehead atoms. The summed E-state index contributed by atoms with van der Waals surface area (Å²) in [7, 11) is 0. The van der Waals surface area contributed by atoms with Gasteiger partial charge in [0.25, 0.3) is 0 Å². The lowest BCUT2D eigenvalue weighted by molar-refractivity contribution is 0.430. The predicted octanol–water partition coefficient (Wildman–Crippen LogP) is 1.96. The molecule has 1 aliphatic heterocycles. The van der Waals surface area contributed by atoms with Crippen LogP contribution in [-0.2, 0) is 6.42 Å². The van der Waals surface area contributed by atoms with E-state index in [4.69, 9.17) is 11.6 Å². The van der Waals surface area contributed by atoms with Gasteiger partial charge in [-0.3, -0.25) is 15.4 Å². The average molecular weight is 292 g/mol. The molecule has 0 spiro atoms. The van der Waals surface area contributed by atoms with Gasteiger partial charge in [-0.05, 0) is 44.0 Å². The Morgan fingerprint density at radius 1 is 1.15 bits per heavy atom. The molecule has 20 heavy (non-hydrogen) atoms. The molecule has 1 fully saturated rings. The fraction of sp³-hybridized carbons (Fsp3) is 0.429. The summed E-state index contributed by atoms with van der Waals surface area (Å²) in [5.74, 6) is 1.46. The van der Waals surface area contributed by atoms with E-state index in [1.54, 1.807) is 6.33 Å². The van der Waals surface area contributed by atoms with Crippen LogP contribution in [0.2, 0.25) is 5.02 Å². The van der Waals surface area contributed by atoms with Gasteiger partial charge in [-0.25, -0.2) is 0 Å². The second-order valence-corrected chi connectivity index (χ2v) is 5.76. The van der Waals surface area contributed by atoms with E-state index in [0.29, 0.717) is 18.0 Å². The third kappa shape index (κ3) is 2.57. The molecular weight excluding hydrogens is 274 g/mol. The van der Waals surface area contributed by atoms with E-state index < -0.39 is 0 Å². The second kappa shape index (κ2) is 5.52. The van der Waals surface area contributed by atoms with Gasteiger partial charge in [0.05, 0.1) is 0 Å². The van der Waals surface area contributed by atoms with Gasteiger partial charge in [0, 0.05) is 29.2 Å².